The molecule has 2 aromatic rings. The molecule has 1 N–H and O–H groups in total. The number of carboxylic acid groups (broad SMARTS) is 1. The highest BCUT2D eigenvalue weighted by atomic mass is 32.2. The Morgan fingerprint density at radius 2 is 1.79 bits per heavy atom. The molecule has 0 saturated carbocycles. The van der Waals surface area contributed by atoms with E-state index < -0.39 is 5.97 Å². The minimum Gasteiger partial charge on any atom is -0.481 e. The summed E-state index contributed by atoms with van der Waals surface area (Å²) in [6.07, 6.45) is 0. The number of rotatable bonds is 6. The van der Waals surface area contributed by atoms with Crippen molar-refractivity contribution in [3.8, 4) is 11.5 Å². The van der Waals surface area contributed by atoms with Gasteiger partial charge in [0.15, 0.2) is 0 Å². The lowest BCUT2D eigenvalue weighted by Gasteiger charge is -2.07. The molecule has 0 unspecified atom stereocenters. The van der Waals surface area contributed by atoms with Crippen LogP contribution in [0.25, 0.3) is 0 Å². The third-order valence-electron chi connectivity index (χ3n) is 2.37. The van der Waals surface area contributed by atoms with Crippen LogP contribution in [0.5, 0.6) is 11.5 Å². The predicted octanol–water partition coefficient (Wildman–Crippen LogP) is 3.80. The topological polar surface area (TPSA) is 46.5 Å². The lowest BCUT2D eigenvalue weighted by molar-refractivity contribution is -0.133. The second-order valence-corrected chi connectivity index (χ2v) is 4.93. The van der Waals surface area contributed by atoms with Crippen molar-refractivity contribution in [3.05, 3.63) is 60.2 Å². The summed E-state index contributed by atoms with van der Waals surface area (Å²) < 4.78 is 5.72. The first kappa shape index (κ1) is 13.5. The summed E-state index contributed by atoms with van der Waals surface area (Å²) in [6, 6.07) is 17.3. The molecule has 0 aliphatic heterocycles. The number of para-hydroxylation sites is 1. The molecule has 2 rings (SSSR count). The number of benzene rings is 2. The van der Waals surface area contributed by atoms with Crippen LogP contribution in [-0.2, 0) is 10.5 Å². The molecule has 98 valence electrons. The van der Waals surface area contributed by atoms with E-state index in [1.807, 2.05) is 54.6 Å². The summed E-state index contributed by atoms with van der Waals surface area (Å²) in [7, 11) is 0. The van der Waals surface area contributed by atoms with Gasteiger partial charge < -0.3 is 9.84 Å². The van der Waals surface area contributed by atoms with Crippen LogP contribution in [0.3, 0.4) is 0 Å². The first-order chi connectivity index (χ1) is 9.24. The summed E-state index contributed by atoms with van der Waals surface area (Å²) in [5.74, 6) is 1.54. The van der Waals surface area contributed by atoms with Crippen LogP contribution >= 0.6 is 11.8 Å². The van der Waals surface area contributed by atoms with Crippen molar-refractivity contribution in [1.82, 2.24) is 0 Å². The summed E-state index contributed by atoms with van der Waals surface area (Å²) in [5.41, 5.74) is 1.06. The molecule has 4 heteroatoms. The quantitative estimate of drug-likeness (QED) is 0.870. The van der Waals surface area contributed by atoms with Gasteiger partial charge in [-0.15, -0.1) is 11.8 Å². The zero-order chi connectivity index (χ0) is 13.5. The van der Waals surface area contributed by atoms with Crippen LogP contribution in [0, 0.1) is 0 Å². The van der Waals surface area contributed by atoms with Gasteiger partial charge in [0.2, 0.25) is 0 Å². The first-order valence-corrected chi connectivity index (χ1v) is 7.01. The molecule has 0 spiro atoms. The van der Waals surface area contributed by atoms with Crippen molar-refractivity contribution < 1.29 is 14.6 Å². The van der Waals surface area contributed by atoms with Gasteiger partial charge in [0.05, 0.1) is 5.75 Å². The molecule has 19 heavy (non-hydrogen) atoms. The third-order valence-corrected chi connectivity index (χ3v) is 3.36. The molecule has 2 aromatic carbocycles. The van der Waals surface area contributed by atoms with E-state index in [0.29, 0.717) is 5.75 Å². The average Bonchev–Trinajstić information content (AvgIpc) is 2.40. The highest BCUT2D eigenvalue weighted by Crippen LogP contribution is 2.23. The second-order valence-electron chi connectivity index (χ2n) is 3.95. The van der Waals surface area contributed by atoms with E-state index in [9.17, 15) is 4.79 Å². The van der Waals surface area contributed by atoms with Gasteiger partial charge in [-0.05, 0) is 29.8 Å². The fourth-order valence-corrected chi connectivity index (χ4v) is 2.27. The molecule has 0 amide bonds. The highest BCUT2D eigenvalue weighted by molar-refractivity contribution is 7.99. The largest absolute Gasteiger partial charge is 0.481 e. The average molecular weight is 274 g/mol. The van der Waals surface area contributed by atoms with Gasteiger partial charge in [-0.25, -0.2) is 0 Å². The number of aliphatic carboxylic acids is 1. The molecule has 0 radical (unpaired) electrons. The molecular weight excluding hydrogens is 260 g/mol. The van der Waals surface area contributed by atoms with E-state index in [0.717, 1.165) is 17.1 Å². The summed E-state index contributed by atoms with van der Waals surface area (Å²) in [6.45, 7) is 0. The lowest BCUT2D eigenvalue weighted by atomic mass is 10.2. The fourth-order valence-electron chi connectivity index (χ4n) is 1.58. The van der Waals surface area contributed by atoms with Gasteiger partial charge in [0.25, 0.3) is 0 Å². The van der Waals surface area contributed by atoms with Crippen LogP contribution in [-0.4, -0.2) is 16.8 Å². The minimum absolute atomic E-state index is 0.115. The van der Waals surface area contributed by atoms with Crippen LogP contribution < -0.4 is 4.74 Å². The maximum Gasteiger partial charge on any atom is 0.313 e. The number of hydrogen-bond acceptors (Lipinski definition) is 3. The zero-order valence-corrected chi connectivity index (χ0v) is 11.1. The van der Waals surface area contributed by atoms with Gasteiger partial charge in [0.1, 0.15) is 11.5 Å². The molecule has 0 atom stereocenters. The van der Waals surface area contributed by atoms with Crippen molar-refractivity contribution in [2.45, 2.75) is 5.75 Å². The van der Waals surface area contributed by atoms with Crippen molar-refractivity contribution >= 4 is 17.7 Å². The number of carboxylic acids is 1. The number of ether oxygens (including phenoxy) is 1. The Balaban J connectivity index is 1.97. The highest BCUT2D eigenvalue weighted by Gasteiger charge is 2.01. The zero-order valence-electron chi connectivity index (χ0n) is 10.3. The Bertz CT molecular complexity index is 540. The van der Waals surface area contributed by atoms with E-state index in [1.165, 1.54) is 11.8 Å². The lowest BCUT2D eigenvalue weighted by Crippen LogP contribution is -1.98. The van der Waals surface area contributed by atoms with E-state index in [1.54, 1.807) is 0 Å². The molecule has 0 fully saturated rings. The normalized spacial score (nSPS) is 10.1. The Morgan fingerprint density at radius 3 is 2.53 bits per heavy atom. The predicted molar refractivity (Wildman–Crippen MR) is 76.8 cm³/mol. The van der Waals surface area contributed by atoms with E-state index in [4.69, 9.17) is 9.84 Å². The van der Waals surface area contributed by atoms with Crippen LogP contribution in [0.2, 0.25) is 0 Å². The summed E-state index contributed by atoms with van der Waals surface area (Å²) in [5, 5.41) is 8.60. The summed E-state index contributed by atoms with van der Waals surface area (Å²) >= 11 is 1.37. The van der Waals surface area contributed by atoms with Gasteiger partial charge in [-0.2, -0.15) is 0 Å². The smallest absolute Gasteiger partial charge is 0.313 e. The molecular formula is C15H14O3S. The standard InChI is InChI=1S/C15H14O3S/c16-15(17)11-19-10-12-5-4-8-14(9-12)18-13-6-2-1-3-7-13/h1-9H,10-11H2,(H,16,17). The Kier molecular flexibility index (Phi) is 4.86. The molecule has 0 aromatic heterocycles. The van der Waals surface area contributed by atoms with E-state index >= 15 is 0 Å². The molecule has 0 bridgehead atoms. The van der Waals surface area contributed by atoms with E-state index in [2.05, 4.69) is 0 Å². The summed E-state index contributed by atoms with van der Waals surface area (Å²) in [4.78, 5) is 10.5. The maximum atomic E-state index is 10.5. The van der Waals surface area contributed by atoms with Crippen LogP contribution in [0.15, 0.2) is 54.6 Å². The Hall–Kier alpha value is -1.94. The van der Waals surface area contributed by atoms with Crippen LogP contribution in [0.4, 0.5) is 0 Å². The Labute approximate surface area is 116 Å². The van der Waals surface area contributed by atoms with Crippen molar-refractivity contribution in [3.63, 3.8) is 0 Å². The molecule has 3 nitrogen and oxygen atoms in total. The van der Waals surface area contributed by atoms with Gasteiger partial charge in [-0.3, -0.25) is 4.79 Å². The van der Waals surface area contributed by atoms with Gasteiger partial charge >= 0.3 is 5.97 Å². The molecule has 0 heterocycles. The third kappa shape index (κ3) is 4.67. The number of hydrogen-bond donors (Lipinski definition) is 1. The van der Waals surface area contributed by atoms with Crippen molar-refractivity contribution in [2.24, 2.45) is 0 Å². The Morgan fingerprint density at radius 1 is 1.05 bits per heavy atom. The molecule has 0 aliphatic carbocycles. The minimum atomic E-state index is -0.790. The van der Waals surface area contributed by atoms with Crippen LogP contribution in [0.1, 0.15) is 5.56 Å². The number of carbonyl (C=O) groups is 1. The molecule has 0 saturated heterocycles. The second kappa shape index (κ2) is 6.85. The van der Waals surface area contributed by atoms with E-state index in [-0.39, 0.29) is 5.75 Å². The van der Waals surface area contributed by atoms with Crippen molar-refractivity contribution in [2.75, 3.05) is 5.75 Å². The number of thioether (sulfide) groups is 1. The van der Waals surface area contributed by atoms with Crippen molar-refractivity contribution in [1.29, 1.82) is 0 Å². The van der Waals surface area contributed by atoms with Gasteiger partial charge in [0, 0.05) is 5.75 Å². The fraction of sp³-hybridized carbons (Fsp3) is 0.133. The maximum absolute atomic E-state index is 10.5. The monoisotopic (exact) mass is 274 g/mol. The van der Waals surface area contributed by atoms with Gasteiger partial charge in [-0.1, -0.05) is 30.3 Å². The SMILES string of the molecule is O=C(O)CSCc1cccc(Oc2ccccc2)c1. The molecule has 0 aliphatic rings. The first-order valence-electron chi connectivity index (χ1n) is 5.85.